The zero-order valence-corrected chi connectivity index (χ0v) is 16.0. The first kappa shape index (κ1) is 17.9. The molecule has 2 aromatic rings. The van der Waals surface area contributed by atoms with Gasteiger partial charge in [0.2, 0.25) is 6.79 Å². The van der Waals surface area contributed by atoms with Crippen LogP contribution in [0.3, 0.4) is 0 Å². The Balaban J connectivity index is 1.32. The van der Waals surface area contributed by atoms with Gasteiger partial charge in [0.05, 0.1) is 26.2 Å². The van der Waals surface area contributed by atoms with Crippen LogP contribution in [0.1, 0.15) is 41.3 Å². The molecule has 0 atom stereocenters. The molecule has 0 saturated carbocycles. The molecule has 0 aromatic heterocycles. The van der Waals surface area contributed by atoms with Crippen molar-refractivity contribution in [1.82, 2.24) is 4.90 Å². The molecule has 2 aliphatic heterocycles. The molecule has 142 valence electrons. The van der Waals surface area contributed by atoms with Crippen molar-refractivity contribution < 1.29 is 19.2 Å². The Morgan fingerprint density at radius 2 is 1.74 bits per heavy atom. The minimum atomic E-state index is 0.146. The number of piperazine rings is 1. The minimum Gasteiger partial charge on any atom is -0.454 e. The van der Waals surface area contributed by atoms with Crippen molar-refractivity contribution in [2.75, 3.05) is 33.0 Å². The molecule has 0 spiro atoms. The standard InChI is InChI=1S/C22H26N2O3/c1-16(2)18-4-6-19(7-5-18)22(25)24-11-9-23(10-12-24)14-17-3-8-20-21(13-17)27-15-26-20/h3-8,13,16H,9-12,14-15H2,1-2H3/p+1. The Labute approximate surface area is 160 Å². The number of quaternary nitrogens is 1. The van der Waals surface area contributed by atoms with Gasteiger partial charge in [0.25, 0.3) is 5.91 Å². The van der Waals surface area contributed by atoms with Crippen LogP contribution in [0.5, 0.6) is 11.5 Å². The van der Waals surface area contributed by atoms with E-state index < -0.39 is 0 Å². The maximum absolute atomic E-state index is 12.8. The lowest BCUT2D eigenvalue weighted by Crippen LogP contribution is -3.13. The maximum atomic E-state index is 12.8. The van der Waals surface area contributed by atoms with E-state index in [-0.39, 0.29) is 5.91 Å². The lowest BCUT2D eigenvalue weighted by Gasteiger charge is -2.32. The van der Waals surface area contributed by atoms with Crippen molar-refractivity contribution in [2.24, 2.45) is 0 Å². The van der Waals surface area contributed by atoms with Gasteiger partial charge in [-0.2, -0.15) is 0 Å². The van der Waals surface area contributed by atoms with Crippen LogP contribution in [-0.4, -0.2) is 43.8 Å². The third-order valence-electron chi connectivity index (χ3n) is 5.47. The average molecular weight is 367 g/mol. The van der Waals surface area contributed by atoms with E-state index >= 15 is 0 Å². The lowest BCUT2D eigenvalue weighted by atomic mass is 10.0. The summed E-state index contributed by atoms with van der Waals surface area (Å²) in [6.45, 7) is 9.11. The average Bonchev–Trinajstić information content (AvgIpc) is 3.16. The van der Waals surface area contributed by atoms with E-state index in [1.807, 2.05) is 23.1 Å². The third-order valence-corrected chi connectivity index (χ3v) is 5.47. The number of nitrogens with one attached hydrogen (secondary N) is 1. The molecule has 2 heterocycles. The fourth-order valence-electron chi connectivity index (χ4n) is 3.74. The number of benzene rings is 2. The Kier molecular flexibility index (Phi) is 5.03. The fraction of sp³-hybridized carbons (Fsp3) is 0.409. The highest BCUT2D eigenvalue weighted by atomic mass is 16.7. The summed E-state index contributed by atoms with van der Waals surface area (Å²) >= 11 is 0. The van der Waals surface area contributed by atoms with Gasteiger partial charge in [0, 0.05) is 11.1 Å². The van der Waals surface area contributed by atoms with Crippen LogP contribution in [-0.2, 0) is 6.54 Å². The van der Waals surface area contributed by atoms with E-state index in [4.69, 9.17) is 9.47 Å². The summed E-state index contributed by atoms with van der Waals surface area (Å²) in [7, 11) is 0. The monoisotopic (exact) mass is 367 g/mol. The second-order valence-corrected chi connectivity index (χ2v) is 7.68. The van der Waals surface area contributed by atoms with Gasteiger partial charge in [-0.1, -0.05) is 26.0 Å². The molecule has 5 heteroatoms. The highest BCUT2D eigenvalue weighted by Gasteiger charge is 2.25. The summed E-state index contributed by atoms with van der Waals surface area (Å²) in [4.78, 5) is 16.2. The van der Waals surface area contributed by atoms with Crippen molar-refractivity contribution in [3.05, 3.63) is 59.2 Å². The number of nitrogens with zero attached hydrogens (tertiary/aromatic N) is 1. The van der Waals surface area contributed by atoms with Gasteiger partial charge < -0.3 is 19.3 Å². The van der Waals surface area contributed by atoms with Gasteiger partial charge in [0.15, 0.2) is 11.5 Å². The van der Waals surface area contributed by atoms with Gasteiger partial charge in [-0.3, -0.25) is 4.79 Å². The summed E-state index contributed by atoms with van der Waals surface area (Å²) in [6, 6.07) is 14.2. The molecule has 0 aliphatic carbocycles. The van der Waals surface area contributed by atoms with Crippen molar-refractivity contribution in [1.29, 1.82) is 0 Å². The van der Waals surface area contributed by atoms with Crippen molar-refractivity contribution >= 4 is 5.91 Å². The normalized spacial score (nSPS) is 16.8. The van der Waals surface area contributed by atoms with Crippen molar-refractivity contribution in [3.63, 3.8) is 0 Å². The van der Waals surface area contributed by atoms with Crippen molar-refractivity contribution in [3.8, 4) is 11.5 Å². The van der Waals surface area contributed by atoms with E-state index in [1.165, 1.54) is 16.0 Å². The van der Waals surface area contributed by atoms with E-state index in [9.17, 15) is 4.79 Å². The Hall–Kier alpha value is -2.53. The van der Waals surface area contributed by atoms with Crippen LogP contribution in [0.25, 0.3) is 0 Å². The molecule has 1 amide bonds. The minimum absolute atomic E-state index is 0.146. The Morgan fingerprint density at radius 3 is 2.44 bits per heavy atom. The number of carbonyl (C=O) groups excluding carboxylic acids is 1. The molecular weight excluding hydrogens is 340 g/mol. The number of amides is 1. The molecule has 4 rings (SSSR count). The zero-order valence-electron chi connectivity index (χ0n) is 16.0. The molecule has 1 N–H and O–H groups in total. The fourth-order valence-corrected chi connectivity index (χ4v) is 3.74. The second-order valence-electron chi connectivity index (χ2n) is 7.68. The highest BCUT2D eigenvalue weighted by Crippen LogP contribution is 2.32. The van der Waals surface area contributed by atoms with Crippen LogP contribution in [0.4, 0.5) is 0 Å². The molecule has 2 aromatic carbocycles. The molecule has 27 heavy (non-hydrogen) atoms. The van der Waals surface area contributed by atoms with Gasteiger partial charge >= 0.3 is 0 Å². The molecule has 1 fully saturated rings. The predicted molar refractivity (Wildman–Crippen MR) is 103 cm³/mol. The molecule has 1 saturated heterocycles. The van der Waals surface area contributed by atoms with E-state index in [1.54, 1.807) is 0 Å². The smallest absolute Gasteiger partial charge is 0.254 e. The number of ether oxygens (including phenoxy) is 2. The van der Waals surface area contributed by atoms with E-state index in [0.29, 0.717) is 12.7 Å². The van der Waals surface area contributed by atoms with Crippen LogP contribution >= 0.6 is 0 Å². The van der Waals surface area contributed by atoms with Gasteiger partial charge in [-0.15, -0.1) is 0 Å². The second kappa shape index (κ2) is 7.61. The lowest BCUT2D eigenvalue weighted by molar-refractivity contribution is -0.917. The Morgan fingerprint density at radius 1 is 1.04 bits per heavy atom. The first-order valence-corrected chi connectivity index (χ1v) is 9.71. The molecular formula is C22H27N2O3+. The summed E-state index contributed by atoms with van der Waals surface area (Å²) in [5, 5.41) is 0. The molecule has 0 bridgehead atoms. The predicted octanol–water partition coefficient (Wildman–Crippen LogP) is 2.08. The first-order chi connectivity index (χ1) is 13.1. The number of fused-ring (bicyclic) bond motifs is 1. The molecule has 0 unspecified atom stereocenters. The van der Waals surface area contributed by atoms with E-state index in [0.717, 1.165) is 49.8 Å². The largest absolute Gasteiger partial charge is 0.454 e. The summed E-state index contributed by atoms with van der Waals surface area (Å²) in [5.74, 6) is 2.29. The first-order valence-electron chi connectivity index (χ1n) is 9.71. The SMILES string of the molecule is CC(C)c1ccc(C(=O)N2CC[NH+](Cc3ccc4c(c3)OCO4)CC2)cc1. The van der Waals surface area contributed by atoms with Gasteiger partial charge in [-0.05, 0) is 41.8 Å². The number of hydrogen-bond donors (Lipinski definition) is 1. The number of hydrogen-bond acceptors (Lipinski definition) is 3. The van der Waals surface area contributed by atoms with Gasteiger partial charge in [0.1, 0.15) is 6.54 Å². The van der Waals surface area contributed by atoms with Gasteiger partial charge in [-0.25, -0.2) is 0 Å². The number of rotatable bonds is 4. The van der Waals surface area contributed by atoms with Crippen LogP contribution in [0.2, 0.25) is 0 Å². The maximum Gasteiger partial charge on any atom is 0.254 e. The van der Waals surface area contributed by atoms with Crippen LogP contribution < -0.4 is 14.4 Å². The molecule has 0 radical (unpaired) electrons. The summed E-state index contributed by atoms with van der Waals surface area (Å²) in [5.41, 5.74) is 3.31. The van der Waals surface area contributed by atoms with Crippen LogP contribution in [0, 0.1) is 0 Å². The molecule has 2 aliphatic rings. The van der Waals surface area contributed by atoms with E-state index in [2.05, 4.69) is 38.1 Å². The molecule has 5 nitrogen and oxygen atoms in total. The number of carbonyl (C=O) groups is 1. The topological polar surface area (TPSA) is 43.2 Å². The zero-order chi connectivity index (χ0) is 18.8. The third kappa shape index (κ3) is 3.93. The van der Waals surface area contributed by atoms with Crippen molar-refractivity contribution in [2.45, 2.75) is 26.3 Å². The summed E-state index contributed by atoms with van der Waals surface area (Å²) < 4.78 is 10.8. The Bertz CT molecular complexity index is 809. The summed E-state index contributed by atoms with van der Waals surface area (Å²) in [6.07, 6.45) is 0. The highest BCUT2D eigenvalue weighted by molar-refractivity contribution is 5.94. The quantitative estimate of drug-likeness (QED) is 0.900. The van der Waals surface area contributed by atoms with Crippen LogP contribution in [0.15, 0.2) is 42.5 Å².